The van der Waals surface area contributed by atoms with E-state index in [1.54, 1.807) is 18.0 Å². The van der Waals surface area contributed by atoms with E-state index >= 15 is 0 Å². The first-order valence-electron chi connectivity index (χ1n) is 7.79. The molecular formula is C17H21N3O3. The lowest BCUT2D eigenvalue weighted by atomic mass is 10.1. The molecule has 1 saturated heterocycles. The Hall–Kier alpha value is -2.34. The van der Waals surface area contributed by atoms with Gasteiger partial charge in [-0.25, -0.2) is 0 Å². The van der Waals surface area contributed by atoms with Gasteiger partial charge < -0.3 is 9.84 Å². The molecule has 122 valence electrons. The molecule has 23 heavy (non-hydrogen) atoms. The van der Waals surface area contributed by atoms with Crippen molar-refractivity contribution in [3.05, 3.63) is 47.8 Å². The fourth-order valence-electron chi connectivity index (χ4n) is 3.03. The van der Waals surface area contributed by atoms with Crippen LogP contribution in [0.25, 0.3) is 0 Å². The largest absolute Gasteiger partial charge is 0.497 e. The molecule has 6 nitrogen and oxygen atoms in total. The Morgan fingerprint density at radius 3 is 2.61 bits per heavy atom. The number of likely N-dealkylation sites (tertiary alicyclic amines) is 1. The summed E-state index contributed by atoms with van der Waals surface area (Å²) in [7, 11) is 1.64. The van der Waals surface area contributed by atoms with Crippen molar-refractivity contribution in [2.75, 3.05) is 20.2 Å². The van der Waals surface area contributed by atoms with Crippen LogP contribution in [-0.2, 0) is 11.3 Å². The van der Waals surface area contributed by atoms with Gasteiger partial charge in [-0.3, -0.25) is 14.4 Å². The van der Waals surface area contributed by atoms with Gasteiger partial charge in [0.25, 0.3) is 0 Å². The topological polar surface area (TPSA) is 67.6 Å². The summed E-state index contributed by atoms with van der Waals surface area (Å²) in [4.78, 5) is 13.6. The molecule has 1 N–H and O–H groups in total. The molecular weight excluding hydrogens is 294 g/mol. The van der Waals surface area contributed by atoms with E-state index in [1.807, 2.05) is 35.4 Å². The maximum Gasteiger partial charge on any atom is 0.325 e. The molecule has 0 radical (unpaired) electrons. The number of rotatable bonds is 6. The Bertz CT molecular complexity index is 660. The van der Waals surface area contributed by atoms with Crippen molar-refractivity contribution < 1.29 is 14.6 Å². The lowest BCUT2D eigenvalue weighted by molar-refractivity contribution is -0.143. The number of methoxy groups -OCH3 is 1. The lowest BCUT2D eigenvalue weighted by Gasteiger charge is -2.22. The number of nitrogens with zero attached hydrogens (tertiary/aromatic N) is 3. The first-order chi connectivity index (χ1) is 11.2. The summed E-state index contributed by atoms with van der Waals surface area (Å²) in [6, 6.07) is 7.18. The van der Waals surface area contributed by atoms with Crippen LogP contribution >= 0.6 is 0 Å². The molecule has 1 aliphatic rings. The summed E-state index contributed by atoms with van der Waals surface area (Å²) in [6.45, 7) is 2.28. The third-order valence-corrected chi connectivity index (χ3v) is 4.21. The van der Waals surface area contributed by atoms with Crippen LogP contribution in [-0.4, -0.2) is 46.0 Å². The van der Waals surface area contributed by atoms with E-state index < -0.39 is 12.0 Å². The predicted molar refractivity (Wildman–Crippen MR) is 85.5 cm³/mol. The third-order valence-electron chi connectivity index (χ3n) is 4.21. The van der Waals surface area contributed by atoms with E-state index in [-0.39, 0.29) is 0 Å². The molecule has 0 spiro atoms. The Labute approximate surface area is 135 Å². The number of carbonyl (C=O) groups is 1. The Morgan fingerprint density at radius 2 is 2.00 bits per heavy atom. The number of benzene rings is 1. The normalized spacial score (nSPS) is 16.4. The van der Waals surface area contributed by atoms with E-state index in [2.05, 4.69) is 5.10 Å². The van der Waals surface area contributed by atoms with Gasteiger partial charge in [0, 0.05) is 11.8 Å². The highest BCUT2D eigenvalue weighted by molar-refractivity contribution is 5.75. The fraction of sp³-hybridized carbons (Fsp3) is 0.412. The number of carboxylic acids is 1. The average Bonchev–Trinajstić information content (AvgIpc) is 3.21. The number of hydrogen-bond donors (Lipinski definition) is 1. The molecule has 0 aliphatic carbocycles. The number of carboxylic acid groups (broad SMARTS) is 1. The zero-order valence-corrected chi connectivity index (χ0v) is 13.2. The highest BCUT2D eigenvalue weighted by Gasteiger charge is 2.30. The minimum atomic E-state index is -0.809. The van der Waals surface area contributed by atoms with Gasteiger partial charge in [-0.2, -0.15) is 5.10 Å². The smallest absolute Gasteiger partial charge is 0.325 e. The van der Waals surface area contributed by atoms with Gasteiger partial charge in [0.1, 0.15) is 11.8 Å². The zero-order valence-electron chi connectivity index (χ0n) is 13.2. The Kier molecular flexibility index (Phi) is 4.62. The van der Waals surface area contributed by atoms with Crippen molar-refractivity contribution in [1.82, 2.24) is 14.7 Å². The summed E-state index contributed by atoms with van der Waals surface area (Å²) in [6.07, 6.45) is 5.62. The number of aromatic nitrogens is 2. The van der Waals surface area contributed by atoms with E-state index in [0.717, 1.165) is 42.8 Å². The van der Waals surface area contributed by atoms with Gasteiger partial charge in [-0.15, -0.1) is 0 Å². The van der Waals surface area contributed by atoms with Crippen LogP contribution in [0.1, 0.15) is 30.0 Å². The predicted octanol–water partition coefficient (Wildman–Crippen LogP) is 2.16. The van der Waals surface area contributed by atoms with E-state index in [1.165, 1.54) is 0 Å². The second-order valence-corrected chi connectivity index (χ2v) is 5.80. The van der Waals surface area contributed by atoms with Gasteiger partial charge >= 0.3 is 5.97 Å². The highest BCUT2D eigenvalue weighted by atomic mass is 16.5. The molecule has 0 saturated carbocycles. The van der Waals surface area contributed by atoms with Crippen molar-refractivity contribution >= 4 is 5.97 Å². The van der Waals surface area contributed by atoms with E-state index in [0.29, 0.717) is 6.54 Å². The second-order valence-electron chi connectivity index (χ2n) is 5.80. The van der Waals surface area contributed by atoms with Crippen molar-refractivity contribution in [2.24, 2.45) is 0 Å². The molecule has 1 fully saturated rings. The molecule has 1 aliphatic heterocycles. The van der Waals surface area contributed by atoms with Crippen LogP contribution in [0.3, 0.4) is 0 Å². The van der Waals surface area contributed by atoms with Crippen LogP contribution in [0.2, 0.25) is 0 Å². The Morgan fingerprint density at radius 1 is 1.30 bits per heavy atom. The highest BCUT2D eigenvalue weighted by Crippen LogP contribution is 2.25. The zero-order chi connectivity index (χ0) is 16.2. The van der Waals surface area contributed by atoms with Gasteiger partial charge in [0.15, 0.2) is 0 Å². The molecule has 2 aromatic rings. The minimum absolute atomic E-state index is 0.595. The van der Waals surface area contributed by atoms with Gasteiger partial charge in [0.2, 0.25) is 0 Å². The number of hydrogen-bond acceptors (Lipinski definition) is 4. The van der Waals surface area contributed by atoms with E-state index in [4.69, 9.17) is 4.74 Å². The van der Waals surface area contributed by atoms with Gasteiger partial charge in [-0.1, -0.05) is 12.1 Å². The summed E-state index contributed by atoms with van der Waals surface area (Å²) in [5.41, 5.74) is 1.83. The van der Waals surface area contributed by atoms with Crippen LogP contribution in [0.15, 0.2) is 36.7 Å². The van der Waals surface area contributed by atoms with Crippen LogP contribution in [0.5, 0.6) is 5.75 Å². The monoisotopic (exact) mass is 315 g/mol. The van der Waals surface area contributed by atoms with E-state index in [9.17, 15) is 9.90 Å². The molecule has 2 heterocycles. The quantitative estimate of drug-likeness (QED) is 0.885. The van der Waals surface area contributed by atoms with Gasteiger partial charge in [-0.05, 0) is 43.6 Å². The molecule has 1 atom stereocenters. The third kappa shape index (κ3) is 3.53. The number of aliphatic carboxylic acids is 1. The summed E-state index contributed by atoms with van der Waals surface area (Å²) in [5, 5.41) is 13.9. The number of ether oxygens (including phenoxy) is 1. The lowest BCUT2D eigenvalue weighted by Crippen LogP contribution is -2.31. The minimum Gasteiger partial charge on any atom is -0.497 e. The standard InChI is InChI=1S/C17H21N3O3/c1-23-15-6-4-13(5-7-15)11-20-12-14(10-18-20)16(17(21)22)19-8-2-3-9-19/h4-7,10,12,16H,2-3,8-9,11H2,1H3,(H,21,22). The fourth-order valence-corrected chi connectivity index (χ4v) is 3.03. The molecule has 0 amide bonds. The van der Waals surface area contributed by atoms with Crippen molar-refractivity contribution in [3.8, 4) is 5.75 Å². The van der Waals surface area contributed by atoms with Crippen LogP contribution < -0.4 is 4.74 Å². The molecule has 1 aromatic carbocycles. The van der Waals surface area contributed by atoms with Crippen LogP contribution in [0, 0.1) is 0 Å². The molecule has 1 unspecified atom stereocenters. The summed E-state index contributed by atoms with van der Waals surface area (Å²) < 4.78 is 6.93. The van der Waals surface area contributed by atoms with Crippen LogP contribution in [0.4, 0.5) is 0 Å². The first kappa shape index (κ1) is 15.6. The first-order valence-corrected chi connectivity index (χ1v) is 7.79. The molecule has 6 heteroatoms. The Balaban J connectivity index is 1.74. The molecule has 3 rings (SSSR count). The van der Waals surface area contributed by atoms with Crippen molar-refractivity contribution in [2.45, 2.75) is 25.4 Å². The van der Waals surface area contributed by atoms with Crippen molar-refractivity contribution in [1.29, 1.82) is 0 Å². The maximum absolute atomic E-state index is 11.6. The van der Waals surface area contributed by atoms with Gasteiger partial charge in [0.05, 0.1) is 19.9 Å². The average molecular weight is 315 g/mol. The molecule has 0 bridgehead atoms. The van der Waals surface area contributed by atoms with Crippen molar-refractivity contribution in [3.63, 3.8) is 0 Å². The maximum atomic E-state index is 11.6. The summed E-state index contributed by atoms with van der Waals surface area (Å²) >= 11 is 0. The second kappa shape index (κ2) is 6.83. The molecule has 1 aromatic heterocycles. The summed E-state index contributed by atoms with van der Waals surface area (Å²) in [5.74, 6) is 0.00535. The SMILES string of the molecule is COc1ccc(Cn2cc(C(C(=O)O)N3CCCC3)cn2)cc1.